The molecule has 0 radical (unpaired) electrons. The van der Waals surface area contributed by atoms with Crippen LogP contribution < -0.4 is 21.9 Å². The number of rotatable bonds is 10. The molecule has 0 N–H and O–H groups in total. The molecule has 0 spiro atoms. The standard InChI is InChI=1S/C25H32F2NO2.ClH/c1-4-5-6-7-8-9-23-20-16-25(30-3)24(29-2)15-19(20)12-13-28(23)17-18-10-11-21(26)22(27)14-18;/h10-11,14-16H,4-9,12-13,17H2,1-3H3;1H/q+1;/p-1. The lowest BCUT2D eigenvalue weighted by Crippen LogP contribution is -3.00. The second-order valence-corrected chi connectivity index (χ2v) is 7.90. The van der Waals surface area contributed by atoms with Gasteiger partial charge in [-0.25, -0.2) is 13.4 Å². The van der Waals surface area contributed by atoms with Gasteiger partial charge in [0.15, 0.2) is 35.4 Å². The molecule has 6 heteroatoms. The van der Waals surface area contributed by atoms with Crippen LogP contribution in [0.15, 0.2) is 30.3 Å². The highest BCUT2D eigenvalue weighted by Gasteiger charge is 2.27. The van der Waals surface area contributed by atoms with E-state index in [-0.39, 0.29) is 12.4 Å². The van der Waals surface area contributed by atoms with E-state index in [9.17, 15) is 8.78 Å². The maximum atomic E-state index is 13.7. The van der Waals surface area contributed by atoms with Crippen molar-refractivity contribution in [3.8, 4) is 11.5 Å². The largest absolute Gasteiger partial charge is 1.00 e. The summed E-state index contributed by atoms with van der Waals surface area (Å²) in [6.45, 7) is 3.62. The Morgan fingerprint density at radius 1 is 0.903 bits per heavy atom. The molecule has 0 aliphatic carbocycles. The lowest BCUT2D eigenvalue weighted by molar-refractivity contribution is -0.545. The molecule has 0 bridgehead atoms. The minimum Gasteiger partial charge on any atom is -1.00 e. The summed E-state index contributed by atoms with van der Waals surface area (Å²) in [5, 5.41) is 0. The first kappa shape index (κ1) is 25.1. The average molecular weight is 452 g/mol. The van der Waals surface area contributed by atoms with Crippen LogP contribution in [0.3, 0.4) is 0 Å². The molecule has 2 aromatic rings. The summed E-state index contributed by atoms with van der Waals surface area (Å²) in [5.41, 5.74) is 4.45. The van der Waals surface area contributed by atoms with Crippen LogP contribution in [0.25, 0.3) is 0 Å². The van der Waals surface area contributed by atoms with Gasteiger partial charge in [-0.05, 0) is 42.3 Å². The summed E-state index contributed by atoms with van der Waals surface area (Å²) in [7, 11) is 3.30. The van der Waals surface area contributed by atoms with Gasteiger partial charge in [0.2, 0.25) is 0 Å². The Labute approximate surface area is 190 Å². The van der Waals surface area contributed by atoms with E-state index >= 15 is 0 Å². The van der Waals surface area contributed by atoms with Crippen LogP contribution in [-0.2, 0) is 13.0 Å². The lowest BCUT2D eigenvalue weighted by Gasteiger charge is -2.21. The molecule has 0 atom stereocenters. The summed E-state index contributed by atoms with van der Waals surface area (Å²) in [5.74, 6) is -0.140. The number of unbranched alkanes of at least 4 members (excludes halogenated alkanes) is 4. The number of ether oxygens (including phenoxy) is 2. The number of hydrogen-bond donors (Lipinski definition) is 0. The third-order valence-electron chi connectivity index (χ3n) is 5.83. The van der Waals surface area contributed by atoms with Crippen LogP contribution >= 0.6 is 0 Å². The molecule has 0 saturated heterocycles. The van der Waals surface area contributed by atoms with Gasteiger partial charge in [-0.2, -0.15) is 0 Å². The molecular weight excluding hydrogens is 420 g/mol. The zero-order valence-electron chi connectivity index (χ0n) is 18.6. The monoisotopic (exact) mass is 451 g/mol. The molecular formula is C25H32ClF2NO2. The van der Waals surface area contributed by atoms with Crippen LogP contribution in [0.4, 0.5) is 8.78 Å². The molecule has 2 aromatic carbocycles. The maximum Gasteiger partial charge on any atom is 0.184 e. The third-order valence-corrected chi connectivity index (χ3v) is 5.83. The predicted octanol–water partition coefficient (Wildman–Crippen LogP) is 2.90. The van der Waals surface area contributed by atoms with Crippen molar-refractivity contribution in [1.82, 2.24) is 0 Å². The van der Waals surface area contributed by atoms with E-state index in [1.54, 1.807) is 20.3 Å². The smallest absolute Gasteiger partial charge is 0.184 e. The number of hydrogen-bond acceptors (Lipinski definition) is 2. The average Bonchev–Trinajstić information content (AvgIpc) is 2.76. The van der Waals surface area contributed by atoms with E-state index in [2.05, 4.69) is 23.6 Å². The van der Waals surface area contributed by atoms with Gasteiger partial charge < -0.3 is 21.9 Å². The van der Waals surface area contributed by atoms with E-state index in [0.29, 0.717) is 6.54 Å². The number of nitrogens with zero attached hydrogens (tertiary/aromatic N) is 1. The van der Waals surface area contributed by atoms with Gasteiger partial charge >= 0.3 is 0 Å². The van der Waals surface area contributed by atoms with E-state index in [1.807, 2.05) is 0 Å². The second-order valence-electron chi connectivity index (χ2n) is 7.90. The van der Waals surface area contributed by atoms with Crippen molar-refractivity contribution in [2.75, 3.05) is 20.8 Å². The summed E-state index contributed by atoms with van der Waals surface area (Å²) >= 11 is 0. The lowest BCUT2D eigenvalue weighted by atomic mass is 9.92. The molecule has 0 aromatic heterocycles. The molecule has 3 nitrogen and oxygen atoms in total. The Morgan fingerprint density at radius 3 is 2.29 bits per heavy atom. The van der Waals surface area contributed by atoms with Crippen LogP contribution in [0, 0.1) is 11.6 Å². The molecule has 31 heavy (non-hydrogen) atoms. The van der Waals surface area contributed by atoms with Gasteiger partial charge in [0.1, 0.15) is 6.54 Å². The SMILES string of the molecule is CCCCCCCC1=[N+](Cc2ccc(F)c(F)c2)CCc2cc(OC)c(OC)cc21.[Cl-]. The van der Waals surface area contributed by atoms with Gasteiger partial charge in [-0.1, -0.05) is 32.6 Å². The van der Waals surface area contributed by atoms with Gasteiger partial charge in [0, 0.05) is 24.0 Å². The van der Waals surface area contributed by atoms with Crippen molar-refractivity contribution >= 4 is 5.71 Å². The van der Waals surface area contributed by atoms with Crippen molar-refractivity contribution < 1.29 is 35.2 Å². The predicted molar refractivity (Wildman–Crippen MR) is 116 cm³/mol. The van der Waals surface area contributed by atoms with Crippen LogP contribution in [0.5, 0.6) is 11.5 Å². The first-order valence-corrected chi connectivity index (χ1v) is 10.9. The number of methoxy groups -OCH3 is 2. The normalized spacial score (nSPS) is 12.9. The van der Waals surface area contributed by atoms with Crippen molar-refractivity contribution in [2.24, 2.45) is 0 Å². The second kappa shape index (κ2) is 12.0. The fourth-order valence-electron chi connectivity index (χ4n) is 4.18. The highest BCUT2D eigenvalue weighted by molar-refractivity contribution is 5.99. The summed E-state index contributed by atoms with van der Waals surface area (Å²) in [4.78, 5) is 0. The summed E-state index contributed by atoms with van der Waals surface area (Å²) < 4.78 is 40.4. The minimum atomic E-state index is -0.806. The van der Waals surface area contributed by atoms with Crippen molar-refractivity contribution in [3.05, 3.63) is 58.7 Å². The Kier molecular flexibility index (Phi) is 9.76. The van der Waals surface area contributed by atoms with E-state index in [4.69, 9.17) is 9.47 Å². The molecule has 1 heterocycles. The number of benzene rings is 2. The fraction of sp³-hybridized carbons (Fsp3) is 0.480. The molecule has 1 aliphatic heterocycles. The van der Waals surface area contributed by atoms with E-state index < -0.39 is 11.6 Å². The van der Waals surface area contributed by atoms with Crippen molar-refractivity contribution in [1.29, 1.82) is 0 Å². The first-order valence-electron chi connectivity index (χ1n) is 10.9. The fourth-order valence-corrected chi connectivity index (χ4v) is 4.18. The molecule has 0 unspecified atom stereocenters. The van der Waals surface area contributed by atoms with Gasteiger partial charge in [0.25, 0.3) is 0 Å². The Hall–Kier alpha value is -2.14. The Balaban J connectivity index is 0.00000341. The zero-order chi connectivity index (χ0) is 21.5. The first-order chi connectivity index (χ1) is 14.6. The summed E-state index contributed by atoms with van der Waals surface area (Å²) in [6.07, 6.45) is 7.85. The Morgan fingerprint density at radius 2 is 1.61 bits per heavy atom. The van der Waals surface area contributed by atoms with Gasteiger partial charge in [-0.3, -0.25) is 0 Å². The van der Waals surface area contributed by atoms with Gasteiger partial charge in [0.05, 0.1) is 14.2 Å². The highest BCUT2D eigenvalue weighted by Crippen LogP contribution is 2.33. The van der Waals surface area contributed by atoms with Crippen LogP contribution in [-0.4, -0.2) is 31.1 Å². The Bertz CT molecular complexity index is 915. The molecule has 1 aliphatic rings. The number of halogens is 3. The molecule has 0 fully saturated rings. The minimum absolute atomic E-state index is 0. The maximum absolute atomic E-state index is 13.7. The van der Waals surface area contributed by atoms with Crippen LogP contribution in [0.2, 0.25) is 0 Å². The summed E-state index contributed by atoms with van der Waals surface area (Å²) in [6, 6.07) is 8.31. The molecule has 170 valence electrons. The third kappa shape index (κ3) is 6.19. The quantitative estimate of drug-likeness (QED) is 0.409. The zero-order valence-corrected chi connectivity index (χ0v) is 19.4. The van der Waals surface area contributed by atoms with E-state index in [1.165, 1.54) is 54.7 Å². The highest BCUT2D eigenvalue weighted by atomic mass is 35.5. The van der Waals surface area contributed by atoms with E-state index in [0.717, 1.165) is 42.9 Å². The van der Waals surface area contributed by atoms with Gasteiger partial charge in [-0.15, -0.1) is 0 Å². The topological polar surface area (TPSA) is 21.5 Å². The molecule has 0 saturated carbocycles. The van der Waals surface area contributed by atoms with Crippen molar-refractivity contribution in [3.63, 3.8) is 0 Å². The number of fused-ring (bicyclic) bond motifs is 1. The van der Waals surface area contributed by atoms with Crippen LogP contribution in [0.1, 0.15) is 62.1 Å². The molecule has 0 amide bonds. The molecule has 3 rings (SSSR count). The van der Waals surface area contributed by atoms with Crippen molar-refractivity contribution in [2.45, 2.75) is 58.4 Å².